The summed E-state index contributed by atoms with van der Waals surface area (Å²) in [5.74, 6) is 6.36. The molecule has 0 bridgehead atoms. The van der Waals surface area contributed by atoms with Crippen LogP contribution in [0.1, 0.15) is 17.4 Å². The minimum absolute atomic E-state index is 0.379. The first-order chi connectivity index (χ1) is 10.1. The first-order valence-corrected chi connectivity index (χ1v) is 7.74. The lowest BCUT2D eigenvalue weighted by atomic mass is 10.0. The van der Waals surface area contributed by atoms with Crippen LogP contribution < -0.4 is 11.3 Å². The van der Waals surface area contributed by atoms with Crippen LogP contribution in [0, 0.1) is 0 Å². The third-order valence-corrected chi connectivity index (χ3v) is 4.72. The van der Waals surface area contributed by atoms with Crippen molar-refractivity contribution in [1.29, 1.82) is 0 Å². The van der Waals surface area contributed by atoms with Gasteiger partial charge in [-0.1, -0.05) is 47.5 Å². The van der Waals surface area contributed by atoms with Crippen LogP contribution in [-0.4, -0.2) is 0 Å². The summed E-state index contributed by atoms with van der Waals surface area (Å²) in [6.07, 6.45) is 0. The number of furan rings is 1. The fraction of sp³-hybridized carbons (Fsp3) is 0.0667. The van der Waals surface area contributed by atoms with E-state index in [1.807, 2.05) is 36.4 Å². The summed E-state index contributed by atoms with van der Waals surface area (Å²) in [5.41, 5.74) is 4.27. The number of hydrogen-bond acceptors (Lipinski definition) is 3. The Balaban J connectivity index is 2.14. The minimum Gasteiger partial charge on any atom is -0.458 e. The van der Waals surface area contributed by atoms with Gasteiger partial charge in [0.2, 0.25) is 0 Å². The molecule has 1 aromatic heterocycles. The summed E-state index contributed by atoms with van der Waals surface area (Å²) in [7, 11) is 0. The molecule has 0 aliphatic carbocycles. The molecule has 0 saturated heterocycles. The third-order valence-electron chi connectivity index (χ3n) is 3.26. The zero-order chi connectivity index (χ0) is 15.0. The van der Waals surface area contributed by atoms with Gasteiger partial charge in [0.05, 0.1) is 14.5 Å². The van der Waals surface area contributed by atoms with Crippen LogP contribution in [0.25, 0.3) is 11.0 Å². The Kier molecular flexibility index (Phi) is 4.24. The number of rotatable bonds is 3. The lowest BCUT2D eigenvalue weighted by Crippen LogP contribution is -2.28. The summed E-state index contributed by atoms with van der Waals surface area (Å²) in [6.45, 7) is 0. The standard InChI is InChI=1S/C15H11BrCl2N2O/c16-10-5-1-3-8-7-12(21-15(8)10)14(20-19)9-4-2-6-11(17)13(9)18/h1-7,14,20H,19H2. The van der Waals surface area contributed by atoms with E-state index in [1.54, 1.807) is 6.07 Å². The SMILES string of the molecule is NNC(c1cc2cccc(Br)c2o1)c1cccc(Cl)c1Cl. The van der Waals surface area contributed by atoms with E-state index in [-0.39, 0.29) is 6.04 Å². The average molecular weight is 386 g/mol. The first kappa shape index (κ1) is 14.9. The molecule has 1 atom stereocenters. The minimum atomic E-state index is -0.379. The maximum atomic E-state index is 6.27. The molecule has 2 aromatic carbocycles. The van der Waals surface area contributed by atoms with E-state index in [9.17, 15) is 0 Å². The fourth-order valence-corrected chi connectivity index (χ4v) is 3.14. The van der Waals surface area contributed by atoms with Gasteiger partial charge in [-0.2, -0.15) is 0 Å². The van der Waals surface area contributed by atoms with Gasteiger partial charge in [0.25, 0.3) is 0 Å². The van der Waals surface area contributed by atoms with Crippen molar-refractivity contribution in [3.8, 4) is 0 Å². The van der Waals surface area contributed by atoms with E-state index in [4.69, 9.17) is 33.5 Å². The normalized spacial score (nSPS) is 12.8. The molecule has 0 fully saturated rings. The molecule has 3 N–H and O–H groups in total. The summed E-state index contributed by atoms with van der Waals surface area (Å²) >= 11 is 15.8. The second kappa shape index (κ2) is 5.99. The third kappa shape index (κ3) is 2.70. The smallest absolute Gasteiger partial charge is 0.148 e. The highest BCUT2D eigenvalue weighted by molar-refractivity contribution is 9.10. The number of para-hydroxylation sites is 1. The molecule has 1 unspecified atom stereocenters. The first-order valence-electron chi connectivity index (χ1n) is 6.20. The highest BCUT2D eigenvalue weighted by Gasteiger charge is 2.21. The predicted molar refractivity (Wildman–Crippen MR) is 89.5 cm³/mol. The molecule has 6 heteroatoms. The van der Waals surface area contributed by atoms with Crippen LogP contribution in [0.5, 0.6) is 0 Å². The number of hydrazine groups is 1. The van der Waals surface area contributed by atoms with Crippen molar-refractivity contribution in [2.24, 2.45) is 5.84 Å². The van der Waals surface area contributed by atoms with Crippen molar-refractivity contribution in [1.82, 2.24) is 5.43 Å². The molecule has 0 amide bonds. The zero-order valence-electron chi connectivity index (χ0n) is 10.7. The van der Waals surface area contributed by atoms with Crippen molar-refractivity contribution in [3.63, 3.8) is 0 Å². The van der Waals surface area contributed by atoms with E-state index in [0.29, 0.717) is 15.8 Å². The van der Waals surface area contributed by atoms with Crippen molar-refractivity contribution >= 4 is 50.1 Å². The maximum absolute atomic E-state index is 6.27. The highest BCUT2D eigenvalue weighted by Crippen LogP contribution is 2.36. The van der Waals surface area contributed by atoms with Gasteiger partial charge < -0.3 is 4.42 Å². The molecule has 0 saturated carbocycles. The number of nitrogens with two attached hydrogens (primary N) is 1. The van der Waals surface area contributed by atoms with E-state index < -0.39 is 0 Å². The van der Waals surface area contributed by atoms with Crippen LogP contribution in [-0.2, 0) is 0 Å². The van der Waals surface area contributed by atoms with Gasteiger partial charge in [-0.3, -0.25) is 5.84 Å². The maximum Gasteiger partial charge on any atom is 0.148 e. The molecular weight excluding hydrogens is 375 g/mol. The van der Waals surface area contributed by atoms with Crippen molar-refractivity contribution in [3.05, 3.63) is 68.3 Å². The van der Waals surface area contributed by atoms with Crippen molar-refractivity contribution in [2.45, 2.75) is 6.04 Å². The lowest BCUT2D eigenvalue weighted by Gasteiger charge is -2.15. The van der Waals surface area contributed by atoms with Gasteiger partial charge in [0.15, 0.2) is 0 Å². The van der Waals surface area contributed by atoms with E-state index in [1.165, 1.54) is 0 Å². The topological polar surface area (TPSA) is 51.2 Å². The number of halogens is 3. The summed E-state index contributed by atoms with van der Waals surface area (Å²) < 4.78 is 6.80. The van der Waals surface area contributed by atoms with Gasteiger partial charge in [0.1, 0.15) is 17.4 Å². The van der Waals surface area contributed by atoms with Crippen LogP contribution in [0.2, 0.25) is 10.0 Å². The summed E-state index contributed by atoms with van der Waals surface area (Å²) in [5, 5.41) is 1.92. The number of nitrogens with one attached hydrogen (secondary N) is 1. The number of benzene rings is 2. The quantitative estimate of drug-likeness (QED) is 0.489. The zero-order valence-corrected chi connectivity index (χ0v) is 13.8. The molecule has 3 rings (SSSR count). The molecule has 0 radical (unpaired) electrons. The molecule has 3 nitrogen and oxygen atoms in total. The largest absolute Gasteiger partial charge is 0.458 e. The van der Waals surface area contributed by atoms with Gasteiger partial charge in [-0.25, -0.2) is 5.43 Å². The van der Waals surface area contributed by atoms with Crippen LogP contribution in [0.15, 0.2) is 51.4 Å². The predicted octanol–water partition coefficient (Wildman–Crippen LogP) is 5.05. The molecule has 0 aliphatic heterocycles. The second-order valence-electron chi connectivity index (χ2n) is 4.55. The Morgan fingerprint density at radius 1 is 1.14 bits per heavy atom. The van der Waals surface area contributed by atoms with Gasteiger partial charge in [-0.05, 0) is 39.7 Å². The molecule has 0 aliphatic rings. The van der Waals surface area contributed by atoms with Crippen LogP contribution >= 0.6 is 39.1 Å². The molecular formula is C15H11BrCl2N2O. The van der Waals surface area contributed by atoms with Crippen LogP contribution in [0.4, 0.5) is 0 Å². The van der Waals surface area contributed by atoms with Crippen molar-refractivity contribution < 1.29 is 4.42 Å². The Bertz CT molecular complexity index is 803. The summed E-state index contributed by atoms with van der Waals surface area (Å²) in [4.78, 5) is 0. The highest BCUT2D eigenvalue weighted by atomic mass is 79.9. The van der Waals surface area contributed by atoms with E-state index >= 15 is 0 Å². The monoisotopic (exact) mass is 384 g/mol. The Hall–Kier alpha value is -1.04. The van der Waals surface area contributed by atoms with E-state index in [2.05, 4.69) is 21.4 Å². The summed E-state index contributed by atoms with van der Waals surface area (Å²) in [6, 6.07) is 12.8. The number of hydrogen-bond donors (Lipinski definition) is 2. The van der Waals surface area contributed by atoms with Gasteiger partial charge >= 0.3 is 0 Å². The molecule has 0 spiro atoms. The Morgan fingerprint density at radius 3 is 2.62 bits per heavy atom. The van der Waals surface area contributed by atoms with E-state index in [0.717, 1.165) is 21.0 Å². The average Bonchev–Trinajstić information content (AvgIpc) is 2.89. The second-order valence-corrected chi connectivity index (χ2v) is 6.19. The Labute approximate surface area is 140 Å². The van der Waals surface area contributed by atoms with Crippen molar-refractivity contribution in [2.75, 3.05) is 0 Å². The number of fused-ring (bicyclic) bond motifs is 1. The van der Waals surface area contributed by atoms with Gasteiger partial charge in [-0.15, -0.1) is 0 Å². The fourth-order valence-electron chi connectivity index (χ4n) is 2.26. The lowest BCUT2D eigenvalue weighted by molar-refractivity contribution is 0.476. The Morgan fingerprint density at radius 2 is 1.90 bits per heavy atom. The molecule has 21 heavy (non-hydrogen) atoms. The molecule has 3 aromatic rings. The van der Waals surface area contributed by atoms with Crippen LogP contribution in [0.3, 0.4) is 0 Å². The molecule has 1 heterocycles. The van der Waals surface area contributed by atoms with Gasteiger partial charge in [0, 0.05) is 5.39 Å². The molecule has 108 valence electrons.